The predicted octanol–water partition coefficient (Wildman–Crippen LogP) is 1.61. The highest BCUT2D eigenvalue weighted by Gasteiger charge is 2.20. The van der Waals surface area contributed by atoms with Gasteiger partial charge in [0.15, 0.2) is 6.20 Å². The van der Waals surface area contributed by atoms with Crippen molar-refractivity contribution in [2.24, 2.45) is 0 Å². The first-order valence-corrected chi connectivity index (χ1v) is 7.07. The van der Waals surface area contributed by atoms with Gasteiger partial charge in [0.2, 0.25) is 5.69 Å². The first-order chi connectivity index (χ1) is 8.88. The predicted molar refractivity (Wildman–Crippen MR) is 76.9 cm³/mol. The Hall–Kier alpha value is -1.35. The molecule has 0 saturated carbocycles. The topological polar surface area (TPSA) is 19.1 Å². The fraction of sp³-hybridized carbons (Fsp3) is 0.533. The summed E-state index contributed by atoms with van der Waals surface area (Å²) in [5.41, 5.74) is 4.31. The third kappa shape index (κ3) is 2.15. The fourth-order valence-corrected chi connectivity index (χ4v) is 2.90. The number of pyridine rings is 1. The summed E-state index contributed by atoms with van der Waals surface area (Å²) in [7, 11) is 0. The zero-order valence-electron chi connectivity index (χ0n) is 11.2. The summed E-state index contributed by atoms with van der Waals surface area (Å²) in [5.74, 6) is 0. The molecule has 0 atom stereocenters. The molecule has 0 spiro atoms. The molecule has 3 rings (SSSR count). The first kappa shape index (κ1) is 11.7. The minimum Gasteiger partial charge on any atom is -0.364 e. The Bertz CT molecular complexity index is 465. The van der Waals surface area contributed by atoms with Crippen LogP contribution in [-0.2, 0) is 13.0 Å². The second-order valence-corrected chi connectivity index (χ2v) is 5.07. The van der Waals surface area contributed by atoms with Gasteiger partial charge in [0, 0.05) is 39.2 Å². The summed E-state index contributed by atoms with van der Waals surface area (Å²) < 4.78 is 2.39. The number of fused-ring (bicyclic) bond motifs is 1. The second kappa shape index (κ2) is 5.11. The van der Waals surface area contributed by atoms with Crippen molar-refractivity contribution >= 4 is 11.8 Å². The van der Waals surface area contributed by atoms with Gasteiger partial charge in [-0.2, -0.15) is 4.57 Å². The van der Waals surface area contributed by atoms with Crippen LogP contribution in [-0.4, -0.2) is 26.2 Å². The maximum Gasteiger partial charge on any atom is 0.208 e. The van der Waals surface area contributed by atoms with E-state index in [1.165, 1.54) is 29.8 Å². The van der Waals surface area contributed by atoms with Crippen LogP contribution in [0.15, 0.2) is 18.3 Å². The van der Waals surface area contributed by atoms with Crippen LogP contribution < -0.4 is 14.8 Å². The maximum absolute atomic E-state index is 3.42. The lowest BCUT2D eigenvalue weighted by Crippen LogP contribution is -2.45. The molecule has 98 valence electrons. The lowest BCUT2D eigenvalue weighted by Gasteiger charge is -2.29. The Labute approximate surface area is 111 Å². The van der Waals surface area contributed by atoms with E-state index in [1.807, 2.05) is 0 Å². The summed E-state index contributed by atoms with van der Waals surface area (Å²) in [4.78, 5) is 2.50. The van der Waals surface area contributed by atoms with Gasteiger partial charge in [0.1, 0.15) is 12.2 Å². The minimum atomic E-state index is 0. The summed E-state index contributed by atoms with van der Waals surface area (Å²) in [6, 6.07) is 2.40. The van der Waals surface area contributed by atoms with Gasteiger partial charge < -0.3 is 10.2 Å². The van der Waals surface area contributed by atoms with E-state index in [0.29, 0.717) is 0 Å². The Kier molecular flexibility index (Phi) is 3.33. The van der Waals surface area contributed by atoms with Crippen molar-refractivity contribution < 1.29 is 5.99 Å². The van der Waals surface area contributed by atoms with E-state index in [9.17, 15) is 0 Å². The Morgan fingerprint density at radius 1 is 1.39 bits per heavy atom. The zero-order chi connectivity index (χ0) is 12.4. The molecule has 2 aliphatic rings. The standard InChI is InChI=1S/C15H22N3.H2/c1-2-17-12-14(18-9-7-16-8-10-18)11-13-5-3-4-6-15(13)17;/h4,6,11-12,16H,2-3,5,7-10H2,1H3;1H/q+1;. The molecule has 0 aromatic carbocycles. The van der Waals surface area contributed by atoms with E-state index >= 15 is 0 Å². The van der Waals surface area contributed by atoms with Gasteiger partial charge in [0.05, 0.1) is 0 Å². The molecular formula is C15H24N3+. The largest absolute Gasteiger partial charge is 0.364 e. The molecule has 1 saturated heterocycles. The molecule has 1 N–H and O–H groups in total. The van der Waals surface area contributed by atoms with Crippen LogP contribution >= 0.6 is 0 Å². The lowest BCUT2D eigenvalue weighted by molar-refractivity contribution is -0.695. The molecule has 1 aromatic rings. The van der Waals surface area contributed by atoms with Gasteiger partial charge in [0.25, 0.3) is 0 Å². The zero-order valence-corrected chi connectivity index (χ0v) is 11.2. The molecule has 3 nitrogen and oxygen atoms in total. The van der Waals surface area contributed by atoms with E-state index in [2.05, 4.69) is 46.1 Å². The second-order valence-electron chi connectivity index (χ2n) is 5.07. The van der Waals surface area contributed by atoms with Crippen molar-refractivity contribution in [2.75, 3.05) is 31.1 Å². The molecule has 1 aliphatic heterocycles. The molecule has 1 aromatic heterocycles. The normalized spacial score (nSPS) is 18.8. The highest BCUT2D eigenvalue weighted by Crippen LogP contribution is 2.22. The number of aromatic nitrogens is 1. The third-order valence-corrected chi connectivity index (χ3v) is 3.93. The molecule has 2 heterocycles. The third-order valence-electron chi connectivity index (χ3n) is 3.93. The highest BCUT2D eigenvalue weighted by atomic mass is 15.2. The highest BCUT2D eigenvalue weighted by molar-refractivity contribution is 5.55. The van der Waals surface area contributed by atoms with Gasteiger partial charge in [-0.15, -0.1) is 0 Å². The number of nitrogens with zero attached hydrogens (tertiary/aromatic N) is 2. The Morgan fingerprint density at radius 3 is 3.00 bits per heavy atom. The Morgan fingerprint density at radius 2 is 2.22 bits per heavy atom. The number of hydrogen-bond donors (Lipinski definition) is 1. The van der Waals surface area contributed by atoms with Crippen molar-refractivity contribution in [1.82, 2.24) is 5.32 Å². The molecule has 0 bridgehead atoms. The van der Waals surface area contributed by atoms with E-state index < -0.39 is 0 Å². The summed E-state index contributed by atoms with van der Waals surface area (Å²) >= 11 is 0. The van der Waals surface area contributed by atoms with Crippen LogP contribution in [0.4, 0.5) is 5.69 Å². The number of allylic oxidation sites excluding steroid dienone is 1. The van der Waals surface area contributed by atoms with Crippen molar-refractivity contribution in [1.29, 1.82) is 0 Å². The van der Waals surface area contributed by atoms with Crippen LogP contribution in [0.25, 0.3) is 6.08 Å². The molecule has 1 aliphatic carbocycles. The summed E-state index contributed by atoms with van der Waals surface area (Å²) in [6.45, 7) is 7.72. The van der Waals surface area contributed by atoms with E-state index in [0.717, 1.165) is 32.7 Å². The maximum atomic E-state index is 3.42. The number of nitrogens with one attached hydrogen (secondary N) is 1. The SMILES string of the molecule is CC[n+]1cc(N2CCNCC2)cc2c1C=CCC2.[HH]. The molecule has 18 heavy (non-hydrogen) atoms. The number of hydrogen-bond acceptors (Lipinski definition) is 2. The van der Waals surface area contributed by atoms with Crippen molar-refractivity contribution in [2.45, 2.75) is 26.3 Å². The van der Waals surface area contributed by atoms with Crippen LogP contribution in [0, 0.1) is 0 Å². The van der Waals surface area contributed by atoms with E-state index in [1.54, 1.807) is 0 Å². The van der Waals surface area contributed by atoms with Crippen LogP contribution in [0.1, 0.15) is 26.0 Å². The molecule has 3 heteroatoms. The minimum absolute atomic E-state index is 0. The van der Waals surface area contributed by atoms with Crippen LogP contribution in [0.5, 0.6) is 0 Å². The smallest absolute Gasteiger partial charge is 0.208 e. The first-order valence-electron chi connectivity index (χ1n) is 7.07. The van der Waals surface area contributed by atoms with Gasteiger partial charge in [-0.1, -0.05) is 6.08 Å². The monoisotopic (exact) mass is 246 g/mol. The van der Waals surface area contributed by atoms with Gasteiger partial charge in [-0.3, -0.25) is 0 Å². The summed E-state index contributed by atoms with van der Waals surface area (Å²) in [5, 5.41) is 3.42. The molecule has 0 amide bonds. The number of piperazine rings is 1. The fourth-order valence-electron chi connectivity index (χ4n) is 2.90. The van der Waals surface area contributed by atoms with Gasteiger partial charge in [-0.25, -0.2) is 0 Å². The number of aryl methyl sites for hydroxylation is 2. The van der Waals surface area contributed by atoms with Crippen LogP contribution in [0.2, 0.25) is 0 Å². The Balaban J connectivity index is 0.00000133. The quantitative estimate of drug-likeness (QED) is 0.800. The lowest BCUT2D eigenvalue weighted by atomic mass is 10.0. The van der Waals surface area contributed by atoms with Crippen molar-refractivity contribution in [3.05, 3.63) is 29.6 Å². The van der Waals surface area contributed by atoms with Gasteiger partial charge in [-0.05, 0) is 25.8 Å². The average molecular weight is 246 g/mol. The molecule has 0 unspecified atom stereocenters. The average Bonchev–Trinajstić information content (AvgIpc) is 2.47. The number of rotatable bonds is 2. The van der Waals surface area contributed by atoms with E-state index in [-0.39, 0.29) is 1.43 Å². The van der Waals surface area contributed by atoms with E-state index in [4.69, 9.17) is 0 Å². The van der Waals surface area contributed by atoms with Gasteiger partial charge >= 0.3 is 0 Å². The van der Waals surface area contributed by atoms with Crippen molar-refractivity contribution in [3.8, 4) is 0 Å². The summed E-state index contributed by atoms with van der Waals surface area (Å²) in [6.07, 6.45) is 9.26. The molecule has 0 radical (unpaired) electrons. The van der Waals surface area contributed by atoms with Crippen LogP contribution in [0.3, 0.4) is 0 Å². The molecule has 1 fully saturated rings. The van der Waals surface area contributed by atoms with Crippen molar-refractivity contribution in [3.63, 3.8) is 0 Å². The molecular weight excluding hydrogens is 222 g/mol. The number of anilines is 1.